The molecule has 0 saturated carbocycles. The van der Waals surface area contributed by atoms with Crippen LogP contribution in [-0.2, 0) is 24.0 Å². The number of carbonyl (C=O) groups excluding carboxylic acids is 4. The van der Waals surface area contributed by atoms with Crippen LogP contribution < -0.4 is 5.32 Å². The fraction of sp³-hybridized carbons (Fsp3) is 0.833. The molecule has 1 N–H and O–H groups in total. The van der Waals surface area contributed by atoms with Crippen molar-refractivity contribution in [1.82, 2.24) is 10.4 Å². The highest BCUT2D eigenvalue weighted by Crippen LogP contribution is 2.14. The maximum Gasteiger partial charge on any atom is 0.333 e. The van der Waals surface area contributed by atoms with Gasteiger partial charge in [0.15, 0.2) is 0 Å². The van der Waals surface area contributed by atoms with E-state index < -0.39 is 17.8 Å². The molecule has 1 aliphatic rings. The van der Waals surface area contributed by atoms with Crippen LogP contribution in [0.4, 0.5) is 0 Å². The minimum atomic E-state index is -0.630. The average Bonchev–Trinajstić information content (AvgIpc) is 3.06. The van der Waals surface area contributed by atoms with E-state index in [1.165, 1.54) is 70.6 Å². The largest absolute Gasteiger partial charge is 0.356 e. The zero-order valence-corrected chi connectivity index (χ0v) is 19.4. The predicted octanol–water partition coefficient (Wildman–Crippen LogP) is 4.97. The number of nitrogens with one attached hydrogen (secondary N) is 1. The lowest BCUT2D eigenvalue weighted by Gasteiger charge is -2.12. The average molecular weight is 439 g/mol. The van der Waals surface area contributed by atoms with Crippen LogP contribution in [0.2, 0.25) is 0 Å². The first-order chi connectivity index (χ1) is 15.0. The van der Waals surface area contributed by atoms with Gasteiger partial charge in [-0.1, -0.05) is 84.0 Å². The maximum absolute atomic E-state index is 11.8. The van der Waals surface area contributed by atoms with Crippen molar-refractivity contribution < 1.29 is 24.0 Å². The van der Waals surface area contributed by atoms with E-state index in [-0.39, 0.29) is 25.2 Å². The third kappa shape index (κ3) is 13.9. The van der Waals surface area contributed by atoms with Gasteiger partial charge in [0.25, 0.3) is 11.8 Å². The Bertz CT molecular complexity index is 534. The van der Waals surface area contributed by atoms with Gasteiger partial charge in [-0.3, -0.25) is 14.4 Å². The number of rotatable bonds is 19. The molecule has 0 aliphatic carbocycles. The zero-order valence-electron chi connectivity index (χ0n) is 19.4. The first-order valence-electron chi connectivity index (χ1n) is 12.4. The SMILES string of the molecule is CCCCCCCCCCCCCCCC(=O)NCCCC(=O)ON1C(=O)CCC1=O. The quantitative estimate of drug-likeness (QED) is 0.227. The monoisotopic (exact) mass is 438 g/mol. The van der Waals surface area contributed by atoms with Gasteiger partial charge in [0.05, 0.1) is 0 Å². The van der Waals surface area contributed by atoms with Crippen LogP contribution in [-0.4, -0.2) is 35.3 Å². The van der Waals surface area contributed by atoms with E-state index in [1.807, 2.05) is 0 Å². The van der Waals surface area contributed by atoms with E-state index >= 15 is 0 Å². The van der Waals surface area contributed by atoms with Gasteiger partial charge in [-0.15, -0.1) is 5.06 Å². The van der Waals surface area contributed by atoms with Crippen molar-refractivity contribution in [3.05, 3.63) is 0 Å². The molecule has 31 heavy (non-hydrogen) atoms. The highest BCUT2D eigenvalue weighted by molar-refractivity contribution is 6.01. The van der Waals surface area contributed by atoms with Gasteiger partial charge >= 0.3 is 5.97 Å². The predicted molar refractivity (Wildman–Crippen MR) is 120 cm³/mol. The summed E-state index contributed by atoms with van der Waals surface area (Å²) in [4.78, 5) is 51.0. The molecule has 0 unspecified atom stereocenters. The molecule has 178 valence electrons. The van der Waals surface area contributed by atoms with Crippen molar-refractivity contribution in [3.8, 4) is 0 Å². The summed E-state index contributed by atoms with van der Waals surface area (Å²) in [5, 5.41) is 3.35. The Kier molecular flexibility index (Phi) is 15.5. The number of amides is 3. The molecule has 7 heteroatoms. The van der Waals surface area contributed by atoms with E-state index in [0.29, 0.717) is 24.4 Å². The number of carbonyl (C=O) groups is 4. The molecule has 7 nitrogen and oxygen atoms in total. The molecule has 0 atom stereocenters. The van der Waals surface area contributed by atoms with E-state index in [2.05, 4.69) is 12.2 Å². The van der Waals surface area contributed by atoms with Gasteiger partial charge in [0.1, 0.15) is 0 Å². The Balaban J connectivity index is 1.85. The standard InChI is InChI=1S/C24H42N2O5/c1-2-3-4-5-6-7-8-9-10-11-12-13-14-16-21(27)25-20-15-17-24(30)31-26-22(28)18-19-23(26)29/h2-20H2,1H3,(H,25,27). The van der Waals surface area contributed by atoms with Crippen LogP contribution in [0.25, 0.3) is 0 Å². The molecule has 0 aromatic rings. The van der Waals surface area contributed by atoms with Gasteiger partial charge in [-0.25, -0.2) is 4.79 Å². The Hall–Kier alpha value is -1.92. The minimum Gasteiger partial charge on any atom is -0.356 e. The molecule has 0 radical (unpaired) electrons. The van der Waals surface area contributed by atoms with Gasteiger partial charge < -0.3 is 10.2 Å². The zero-order chi connectivity index (χ0) is 22.7. The van der Waals surface area contributed by atoms with Gasteiger partial charge in [0.2, 0.25) is 5.91 Å². The molecule has 1 rings (SSSR count). The molecule has 1 aliphatic heterocycles. The second-order valence-electron chi connectivity index (χ2n) is 8.49. The van der Waals surface area contributed by atoms with Crippen molar-refractivity contribution in [3.63, 3.8) is 0 Å². The third-order valence-corrected chi connectivity index (χ3v) is 5.59. The van der Waals surface area contributed by atoms with E-state index in [9.17, 15) is 19.2 Å². The first kappa shape index (κ1) is 27.1. The van der Waals surface area contributed by atoms with Crippen molar-refractivity contribution in [1.29, 1.82) is 0 Å². The molecule has 1 fully saturated rings. The van der Waals surface area contributed by atoms with Crippen LogP contribution in [0.5, 0.6) is 0 Å². The van der Waals surface area contributed by atoms with Crippen LogP contribution in [0.3, 0.4) is 0 Å². The lowest BCUT2D eigenvalue weighted by molar-refractivity contribution is -0.197. The molecule has 1 saturated heterocycles. The molecule has 0 aromatic heterocycles. The van der Waals surface area contributed by atoms with Crippen molar-refractivity contribution in [2.75, 3.05) is 6.54 Å². The Morgan fingerprint density at radius 1 is 0.742 bits per heavy atom. The number of hydroxylamine groups is 2. The molecule has 0 bridgehead atoms. The summed E-state index contributed by atoms with van der Waals surface area (Å²) in [7, 11) is 0. The summed E-state index contributed by atoms with van der Waals surface area (Å²) in [5.74, 6) is -1.59. The highest BCUT2D eigenvalue weighted by atomic mass is 16.7. The number of imide groups is 1. The summed E-state index contributed by atoms with van der Waals surface area (Å²) < 4.78 is 0. The van der Waals surface area contributed by atoms with Crippen molar-refractivity contribution in [2.45, 2.75) is 122 Å². The fourth-order valence-corrected chi connectivity index (χ4v) is 3.66. The number of unbranched alkanes of at least 4 members (excludes halogenated alkanes) is 12. The molecule has 1 heterocycles. The van der Waals surface area contributed by atoms with Crippen LogP contribution in [0.1, 0.15) is 122 Å². The topological polar surface area (TPSA) is 92.8 Å². The molecular weight excluding hydrogens is 396 g/mol. The van der Waals surface area contributed by atoms with Crippen LogP contribution >= 0.6 is 0 Å². The second kappa shape index (κ2) is 17.7. The molecular formula is C24H42N2O5. The third-order valence-electron chi connectivity index (χ3n) is 5.59. The number of hydrogen-bond acceptors (Lipinski definition) is 5. The normalized spacial score (nSPS) is 13.6. The van der Waals surface area contributed by atoms with E-state index in [4.69, 9.17) is 4.84 Å². The fourth-order valence-electron chi connectivity index (χ4n) is 3.66. The van der Waals surface area contributed by atoms with Gasteiger partial charge in [-0.2, -0.15) is 0 Å². The Labute approximate surface area is 187 Å². The summed E-state index contributed by atoms with van der Waals surface area (Å²) in [6.07, 6.45) is 17.8. The van der Waals surface area contributed by atoms with Crippen molar-refractivity contribution >= 4 is 23.7 Å². The van der Waals surface area contributed by atoms with E-state index in [0.717, 1.165) is 12.8 Å². The maximum atomic E-state index is 11.8. The lowest BCUT2D eigenvalue weighted by atomic mass is 10.0. The smallest absolute Gasteiger partial charge is 0.333 e. The summed E-state index contributed by atoms with van der Waals surface area (Å²) >= 11 is 0. The Morgan fingerprint density at radius 3 is 1.74 bits per heavy atom. The number of hydrogen-bond donors (Lipinski definition) is 1. The van der Waals surface area contributed by atoms with Crippen molar-refractivity contribution in [2.24, 2.45) is 0 Å². The highest BCUT2D eigenvalue weighted by Gasteiger charge is 2.32. The molecule has 0 spiro atoms. The molecule has 0 aromatic carbocycles. The first-order valence-corrected chi connectivity index (χ1v) is 12.4. The lowest BCUT2D eigenvalue weighted by Crippen LogP contribution is -2.32. The summed E-state index contributed by atoms with van der Waals surface area (Å²) in [6, 6.07) is 0. The Morgan fingerprint density at radius 2 is 1.23 bits per heavy atom. The number of nitrogens with zero attached hydrogens (tertiary/aromatic N) is 1. The summed E-state index contributed by atoms with van der Waals surface area (Å²) in [5.41, 5.74) is 0. The summed E-state index contributed by atoms with van der Waals surface area (Å²) in [6.45, 7) is 2.63. The minimum absolute atomic E-state index is 0.00124. The molecule has 3 amide bonds. The van der Waals surface area contributed by atoms with Crippen LogP contribution in [0, 0.1) is 0 Å². The van der Waals surface area contributed by atoms with Gasteiger partial charge in [-0.05, 0) is 12.8 Å². The van der Waals surface area contributed by atoms with Gasteiger partial charge in [0, 0.05) is 32.2 Å². The van der Waals surface area contributed by atoms with Crippen LogP contribution in [0.15, 0.2) is 0 Å². The second-order valence-corrected chi connectivity index (χ2v) is 8.49. The van der Waals surface area contributed by atoms with E-state index in [1.54, 1.807) is 0 Å².